The van der Waals surface area contributed by atoms with Gasteiger partial charge in [-0.1, -0.05) is 41.3 Å². The number of benzene rings is 1. The zero-order valence-electron chi connectivity index (χ0n) is 16.7. The highest BCUT2D eigenvalue weighted by atomic mass is 79.9. The van der Waals surface area contributed by atoms with Crippen LogP contribution in [0.3, 0.4) is 0 Å². The number of alkyl halides is 2. The fraction of sp³-hybridized carbons (Fsp3) is 0.545. The van der Waals surface area contributed by atoms with Gasteiger partial charge >= 0.3 is 18.6 Å². The van der Waals surface area contributed by atoms with Gasteiger partial charge in [0.1, 0.15) is 5.75 Å². The largest absolute Gasteiger partial charge is 0.481 e. The first-order chi connectivity index (χ1) is 14.1. The van der Waals surface area contributed by atoms with E-state index in [4.69, 9.17) is 0 Å². The van der Waals surface area contributed by atoms with Crippen LogP contribution in [0, 0.1) is 16.7 Å². The molecule has 5 nitrogen and oxygen atoms in total. The molecule has 2 aliphatic rings. The lowest BCUT2D eigenvalue weighted by atomic mass is 9.55. The minimum absolute atomic E-state index is 0.0919. The Morgan fingerprint density at radius 1 is 1.17 bits per heavy atom. The fourth-order valence-electron chi connectivity index (χ4n) is 5.12. The fourth-order valence-corrected chi connectivity index (χ4v) is 5.46. The van der Waals surface area contributed by atoms with Crippen molar-refractivity contribution >= 4 is 33.4 Å². The van der Waals surface area contributed by atoms with E-state index >= 15 is 0 Å². The molecule has 0 radical (unpaired) electrons. The van der Waals surface area contributed by atoms with E-state index in [1.807, 2.05) is 0 Å². The second-order valence-corrected chi connectivity index (χ2v) is 9.37. The number of halogens is 3. The van der Waals surface area contributed by atoms with Crippen molar-refractivity contribution in [1.82, 2.24) is 0 Å². The minimum atomic E-state index is -3.07. The molecule has 2 atom stereocenters. The molecule has 2 unspecified atom stereocenters. The van der Waals surface area contributed by atoms with Gasteiger partial charge in [0, 0.05) is 10.0 Å². The molecule has 1 fully saturated rings. The van der Waals surface area contributed by atoms with Crippen LogP contribution in [0.4, 0.5) is 8.78 Å². The molecule has 0 aromatic heterocycles. The molecule has 164 valence electrons. The minimum Gasteiger partial charge on any atom is -0.481 e. The number of carbonyl (C=O) groups is 2. The Kier molecular flexibility index (Phi) is 6.55. The molecule has 1 saturated carbocycles. The molecular formula is C22H25BrF2O5. The predicted octanol–water partition coefficient (Wildman–Crippen LogP) is 5.97. The highest BCUT2D eigenvalue weighted by Gasteiger charge is 2.56. The van der Waals surface area contributed by atoms with Crippen LogP contribution < -0.4 is 4.74 Å². The average molecular weight is 487 g/mol. The summed E-state index contributed by atoms with van der Waals surface area (Å²) in [6.45, 7) is -1.59. The molecule has 3 rings (SSSR count). The number of ether oxygens (including phenoxy) is 1. The van der Waals surface area contributed by atoms with E-state index in [2.05, 4.69) is 20.7 Å². The van der Waals surface area contributed by atoms with Crippen LogP contribution in [0.25, 0.3) is 5.57 Å². The lowest BCUT2D eigenvalue weighted by Crippen LogP contribution is -2.48. The highest BCUT2D eigenvalue weighted by molar-refractivity contribution is 9.10. The number of hydrogen-bond acceptors (Lipinski definition) is 3. The van der Waals surface area contributed by atoms with Crippen LogP contribution in [0.5, 0.6) is 5.75 Å². The van der Waals surface area contributed by atoms with Crippen LogP contribution >= 0.6 is 15.9 Å². The maximum absolute atomic E-state index is 13.0. The summed E-state index contributed by atoms with van der Waals surface area (Å²) >= 11 is 3.22. The zero-order chi connectivity index (χ0) is 22.1. The first kappa shape index (κ1) is 22.7. The molecule has 8 heteroatoms. The van der Waals surface area contributed by atoms with Crippen molar-refractivity contribution in [2.45, 2.75) is 58.5 Å². The summed E-state index contributed by atoms with van der Waals surface area (Å²) in [6, 6.07) is 4.52. The van der Waals surface area contributed by atoms with Crippen molar-refractivity contribution in [3.63, 3.8) is 0 Å². The zero-order valence-corrected chi connectivity index (χ0v) is 18.3. The molecule has 2 aliphatic carbocycles. The molecule has 0 saturated heterocycles. The van der Waals surface area contributed by atoms with Crippen LogP contribution in [0.1, 0.15) is 57.4 Å². The highest BCUT2D eigenvalue weighted by Crippen LogP contribution is 2.57. The number of carboxylic acids is 2. The number of allylic oxidation sites excluding steroid dienone is 1. The van der Waals surface area contributed by atoms with E-state index in [1.165, 1.54) is 19.1 Å². The molecular weight excluding hydrogens is 462 g/mol. The smallest absolute Gasteiger partial charge is 0.387 e. The van der Waals surface area contributed by atoms with Gasteiger partial charge in [0.05, 0.1) is 10.8 Å². The topological polar surface area (TPSA) is 83.8 Å². The molecule has 1 aromatic carbocycles. The van der Waals surface area contributed by atoms with Crippen LogP contribution in [-0.4, -0.2) is 28.8 Å². The Hall–Kier alpha value is -1.96. The summed E-state index contributed by atoms with van der Waals surface area (Å²) in [5.74, 6) is -2.42. The maximum Gasteiger partial charge on any atom is 0.387 e. The van der Waals surface area contributed by atoms with Gasteiger partial charge in [-0.05, 0) is 62.3 Å². The molecule has 30 heavy (non-hydrogen) atoms. The van der Waals surface area contributed by atoms with E-state index in [-0.39, 0.29) is 30.1 Å². The monoisotopic (exact) mass is 486 g/mol. The van der Waals surface area contributed by atoms with Gasteiger partial charge in [-0.2, -0.15) is 8.78 Å². The summed E-state index contributed by atoms with van der Waals surface area (Å²) in [5.41, 5.74) is -2.19. The van der Waals surface area contributed by atoms with E-state index in [0.29, 0.717) is 10.0 Å². The Morgan fingerprint density at radius 3 is 2.40 bits per heavy atom. The average Bonchev–Trinajstić information content (AvgIpc) is 2.68. The van der Waals surface area contributed by atoms with Crippen LogP contribution in [0.2, 0.25) is 0 Å². The lowest BCUT2D eigenvalue weighted by molar-refractivity contribution is -0.160. The van der Waals surface area contributed by atoms with Gasteiger partial charge in [-0.3, -0.25) is 9.59 Å². The van der Waals surface area contributed by atoms with E-state index in [1.54, 1.807) is 12.1 Å². The standard InChI is InChI=1S/C22H25BrF2O5/c1-21(18(26)27)12-22(19(28)29,13-5-3-2-4-6-13)10-9-16(21)15-8-7-14(23)11-17(15)30-20(24)25/h7-9,11,13,20H,2-6,10,12H2,1H3,(H,26,27)(H,28,29). The van der Waals surface area contributed by atoms with Crippen LogP contribution in [-0.2, 0) is 9.59 Å². The van der Waals surface area contributed by atoms with E-state index in [0.717, 1.165) is 32.1 Å². The summed E-state index contributed by atoms with van der Waals surface area (Å²) in [6.07, 6.45) is 6.10. The van der Waals surface area contributed by atoms with E-state index in [9.17, 15) is 28.6 Å². The van der Waals surface area contributed by atoms with Gasteiger partial charge in [0.15, 0.2) is 0 Å². The quantitative estimate of drug-likeness (QED) is 0.517. The molecule has 2 N–H and O–H groups in total. The number of rotatable bonds is 6. The first-order valence-electron chi connectivity index (χ1n) is 10.0. The molecule has 0 amide bonds. The molecule has 0 aliphatic heterocycles. The lowest BCUT2D eigenvalue weighted by Gasteiger charge is -2.47. The Labute approximate surface area is 182 Å². The predicted molar refractivity (Wildman–Crippen MR) is 110 cm³/mol. The van der Waals surface area contributed by atoms with Crippen molar-refractivity contribution < 1.29 is 33.3 Å². The third kappa shape index (κ3) is 4.11. The Bertz CT molecular complexity index is 865. The third-order valence-electron chi connectivity index (χ3n) is 6.67. The van der Waals surface area contributed by atoms with Crippen molar-refractivity contribution in [3.05, 3.63) is 34.3 Å². The Morgan fingerprint density at radius 2 is 1.83 bits per heavy atom. The second-order valence-electron chi connectivity index (χ2n) is 8.45. The van der Waals surface area contributed by atoms with Gasteiger partial charge in [0.25, 0.3) is 0 Å². The summed E-state index contributed by atoms with van der Waals surface area (Å²) in [4.78, 5) is 24.9. The number of hydrogen-bond donors (Lipinski definition) is 2. The first-order valence-corrected chi connectivity index (χ1v) is 10.8. The molecule has 0 heterocycles. The SMILES string of the molecule is CC1(C(=O)O)CC(C(=O)O)(C2CCCCC2)CC=C1c1ccc(Br)cc1OC(F)F. The van der Waals surface area contributed by atoms with Crippen molar-refractivity contribution in [2.75, 3.05) is 0 Å². The van der Waals surface area contributed by atoms with Gasteiger partial charge in [-0.15, -0.1) is 0 Å². The van der Waals surface area contributed by atoms with Crippen molar-refractivity contribution in [1.29, 1.82) is 0 Å². The van der Waals surface area contributed by atoms with Crippen molar-refractivity contribution in [2.24, 2.45) is 16.7 Å². The second kappa shape index (κ2) is 8.65. The summed E-state index contributed by atoms with van der Waals surface area (Å²) in [7, 11) is 0. The normalized spacial score (nSPS) is 27.6. The number of carboxylic acid groups (broad SMARTS) is 2. The molecule has 0 bridgehead atoms. The molecule has 0 spiro atoms. The summed E-state index contributed by atoms with van der Waals surface area (Å²) in [5, 5.41) is 20.3. The van der Waals surface area contributed by atoms with Gasteiger partial charge in [0.2, 0.25) is 0 Å². The van der Waals surface area contributed by atoms with E-state index < -0.39 is 29.4 Å². The van der Waals surface area contributed by atoms with Crippen molar-refractivity contribution in [3.8, 4) is 5.75 Å². The maximum atomic E-state index is 13.0. The molecule has 1 aromatic rings. The van der Waals surface area contributed by atoms with Gasteiger partial charge < -0.3 is 14.9 Å². The van der Waals surface area contributed by atoms with Gasteiger partial charge in [-0.25, -0.2) is 0 Å². The number of aliphatic carboxylic acids is 2. The third-order valence-corrected chi connectivity index (χ3v) is 7.16. The Balaban J connectivity index is 2.12. The van der Waals surface area contributed by atoms with Crippen LogP contribution in [0.15, 0.2) is 28.7 Å². The summed E-state index contributed by atoms with van der Waals surface area (Å²) < 4.78 is 31.1.